The van der Waals surface area contributed by atoms with Gasteiger partial charge in [-0.2, -0.15) is 4.98 Å². The number of aromatic nitrogens is 2. The van der Waals surface area contributed by atoms with E-state index in [1.807, 2.05) is 11.8 Å². The first-order valence-electron chi connectivity index (χ1n) is 6.40. The highest BCUT2D eigenvalue weighted by Gasteiger charge is 2.27. The van der Waals surface area contributed by atoms with E-state index in [0.717, 1.165) is 19.3 Å². The molecule has 0 aromatic carbocycles. The van der Waals surface area contributed by atoms with Gasteiger partial charge in [-0.1, -0.05) is 0 Å². The van der Waals surface area contributed by atoms with Crippen LogP contribution in [0, 0.1) is 5.82 Å². The molecule has 18 heavy (non-hydrogen) atoms. The number of hydrogen-bond acceptors (Lipinski definition) is 5. The molecule has 1 heterocycles. The smallest absolute Gasteiger partial charge is 0.224 e. The van der Waals surface area contributed by atoms with Crippen LogP contribution in [-0.4, -0.2) is 40.8 Å². The Labute approximate surface area is 106 Å². The van der Waals surface area contributed by atoms with Crippen LogP contribution in [0.1, 0.15) is 26.2 Å². The predicted molar refractivity (Wildman–Crippen MR) is 68.2 cm³/mol. The van der Waals surface area contributed by atoms with Crippen LogP contribution in [0.5, 0.6) is 0 Å². The second-order valence-electron chi connectivity index (χ2n) is 4.40. The van der Waals surface area contributed by atoms with E-state index in [9.17, 15) is 4.39 Å². The topological polar surface area (TPSA) is 61.3 Å². The van der Waals surface area contributed by atoms with Crippen LogP contribution in [-0.2, 0) is 0 Å². The number of hydrogen-bond donors (Lipinski definition) is 2. The summed E-state index contributed by atoms with van der Waals surface area (Å²) in [6.07, 6.45) is 4.39. The Hall–Kier alpha value is -1.43. The minimum Gasteiger partial charge on any atom is -0.395 e. The summed E-state index contributed by atoms with van der Waals surface area (Å²) in [5.74, 6) is 0.285. The molecule has 0 amide bonds. The summed E-state index contributed by atoms with van der Waals surface area (Å²) < 4.78 is 13.8. The zero-order valence-electron chi connectivity index (χ0n) is 10.6. The Kier molecular flexibility index (Phi) is 4.30. The van der Waals surface area contributed by atoms with Crippen molar-refractivity contribution in [1.29, 1.82) is 0 Å². The third-order valence-electron chi connectivity index (χ3n) is 3.19. The molecule has 0 saturated heterocycles. The monoisotopic (exact) mass is 254 g/mol. The van der Waals surface area contributed by atoms with Crippen molar-refractivity contribution in [3.8, 4) is 0 Å². The molecule has 2 N–H and O–H groups in total. The maximum Gasteiger partial charge on any atom is 0.224 e. The summed E-state index contributed by atoms with van der Waals surface area (Å²) in [5, 5.41) is 12.1. The van der Waals surface area contributed by atoms with Crippen LogP contribution in [0.4, 0.5) is 16.2 Å². The van der Waals surface area contributed by atoms with E-state index < -0.39 is 5.82 Å². The van der Waals surface area contributed by atoms with Crippen LogP contribution in [0.15, 0.2) is 6.20 Å². The fourth-order valence-corrected chi connectivity index (χ4v) is 2.07. The van der Waals surface area contributed by atoms with Gasteiger partial charge in [0, 0.05) is 19.1 Å². The summed E-state index contributed by atoms with van der Waals surface area (Å²) in [5.41, 5.74) is 0. The molecule has 1 aliphatic rings. The first kappa shape index (κ1) is 13.0. The van der Waals surface area contributed by atoms with Crippen molar-refractivity contribution in [2.45, 2.75) is 32.2 Å². The van der Waals surface area contributed by atoms with Crippen molar-refractivity contribution in [1.82, 2.24) is 9.97 Å². The molecule has 1 saturated carbocycles. The van der Waals surface area contributed by atoms with Crippen molar-refractivity contribution >= 4 is 11.8 Å². The standard InChI is InChI=1S/C12H19FN4O/c1-2-14-12-15-8-10(13)11(16-12)17(6-7-18)9-4-3-5-9/h8-9,18H,2-7H2,1H3,(H,14,15,16). The fourth-order valence-electron chi connectivity index (χ4n) is 2.07. The number of aliphatic hydroxyl groups is 1. The largest absolute Gasteiger partial charge is 0.395 e. The predicted octanol–water partition coefficient (Wildman–Crippen LogP) is 1.40. The number of aliphatic hydroxyl groups excluding tert-OH is 1. The van der Waals surface area contributed by atoms with Crippen molar-refractivity contribution in [3.63, 3.8) is 0 Å². The second kappa shape index (κ2) is 5.95. The summed E-state index contributed by atoms with van der Waals surface area (Å²) in [7, 11) is 0. The molecule has 0 radical (unpaired) electrons. The number of anilines is 2. The van der Waals surface area contributed by atoms with Crippen LogP contribution in [0.2, 0.25) is 0 Å². The average Bonchev–Trinajstić information content (AvgIpc) is 2.29. The molecular formula is C12H19FN4O. The van der Waals surface area contributed by atoms with E-state index in [1.165, 1.54) is 6.20 Å². The Morgan fingerprint density at radius 1 is 1.56 bits per heavy atom. The number of rotatable bonds is 6. The van der Waals surface area contributed by atoms with Crippen LogP contribution in [0.3, 0.4) is 0 Å². The van der Waals surface area contributed by atoms with Gasteiger partial charge in [0.15, 0.2) is 11.6 Å². The summed E-state index contributed by atoms with van der Waals surface area (Å²) >= 11 is 0. The Morgan fingerprint density at radius 3 is 2.89 bits per heavy atom. The van der Waals surface area contributed by atoms with Gasteiger partial charge in [0.2, 0.25) is 5.95 Å². The Bertz CT molecular complexity index is 398. The quantitative estimate of drug-likeness (QED) is 0.803. The molecule has 0 spiro atoms. The fraction of sp³-hybridized carbons (Fsp3) is 0.667. The van der Waals surface area contributed by atoms with Gasteiger partial charge in [0.1, 0.15) is 0 Å². The highest BCUT2D eigenvalue weighted by molar-refractivity contribution is 5.45. The van der Waals surface area contributed by atoms with Gasteiger partial charge in [-0.25, -0.2) is 9.37 Å². The first-order chi connectivity index (χ1) is 8.76. The zero-order chi connectivity index (χ0) is 13.0. The highest BCUT2D eigenvalue weighted by atomic mass is 19.1. The van der Waals surface area contributed by atoms with Gasteiger partial charge >= 0.3 is 0 Å². The van der Waals surface area contributed by atoms with Crippen molar-refractivity contribution < 1.29 is 9.50 Å². The van der Waals surface area contributed by atoms with Crippen LogP contribution < -0.4 is 10.2 Å². The lowest BCUT2D eigenvalue weighted by molar-refractivity contribution is 0.282. The van der Waals surface area contributed by atoms with Gasteiger partial charge in [0.05, 0.1) is 12.8 Å². The number of halogens is 1. The lowest BCUT2D eigenvalue weighted by Gasteiger charge is -2.38. The first-order valence-corrected chi connectivity index (χ1v) is 6.40. The molecule has 0 bridgehead atoms. The molecule has 6 heteroatoms. The molecule has 0 aliphatic heterocycles. The van der Waals surface area contributed by atoms with Gasteiger partial charge in [0.25, 0.3) is 0 Å². The third-order valence-corrected chi connectivity index (χ3v) is 3.19. The van der Waals surface area contributed by atoms with Crippen molar-refractivity contribution in [3.05, 3.63) is 12.0 Å². The molecule has 1 aromatic heterocycles. The maximum absolute atomic E-state index is 13.8. The zero-order valence-corrected chi connectivity index (χ0v) is 10.6. The average molecular weight is 254 g/mol. The van der Waals surface area contributed by atoms with E-state index in [1.54, 1.807) is 0 Å². The minimum atomic E-state index is -0.433. The van der Waals surface area contributed by atoms with Crippen molar-refractivity contribution in [2.24, 2.45) is 0 Å². The molecular weight excluding hydrogens is 235 g/mol. The van der Waals surface area contributed by atoms with E-state index in [-0.39, 0.29) is 12.6 Å². The normalized spacial score (nSPS) is 15.3. The molecule has 0 unspecified atom stereocenters. The second-order valence-corrected chi connectivity index (χ2v) is 4.40. The lowest BCUT2D eigenvalue weighted by Crippen LogP contribution is -2.43. The summed E-state index contributed by atoms with van der Waals surface area (Å²) in [6.45, 7) is 3.03. The summed E-state index contributed by atoms with van der Waals surface area (Å²) in [6, 6.07) is 0.288. The van der Waals surface area contributed by atoms with E-state index in [4.69, 9.17) is 5.11 Å². The van der Waals surface area contributed by atoms with Crippen molar-refractivity contribution in [2.75, 3.05) is 29.9 Å². The van der Waals surface area contributed by atoms with E-state index >= 15 is 0 Å². The minimum absolute atomic E-state index is 0.00349. The van der Waals surface area contributed by atoms with Crippen LogP contribution in [0.25, 0.3) is 0 Å². The molecule has 100 valence electrons. The van der Waals surface area contributed by atoms with E-state index in [2.05, 4.69) is 15.3 Å². The van der Waals surface area contributed by atoms with Crippen LogP contribution >= 0.6 is 0 Å². The number of nitrogens with one attached hydrogen (secondary N) is 1. The maximum atomic E-state index is 13.8. The Balaban J connectivity index is 2.23. The molecule has 1 aliphatic carbocycles. The summed E-state index contributed by atoms with van der Waals surface area (Å²) in [4.78, 5) is 9.94. The van der Waals surface area contributed by atoms with Gasteiger partial charge in [-0.15, -0.1) is 0 Å². The molecule has 2 rings (SSSR count). The Morgan fingerprint density at radius 2 is 2.33 bits per heavy atom. The molecule has 1 fully saturated rings. The SMILES string of the molecule is CCNc1ncc(F)c(N(CCO)C2CCC2)n1. The molecule has 1 aromatic rings. The van der Waals surface area contributed by atoms with Gasteiger partial charge in [-0.05, 0) is 26.2 Å². The molecule has 0 atom stereocenters. The third kappa shape index (κ3) is 2.69. The van der Waals surface area contributed by atoms with E-state index in [0.29, 0.717) is 24.9 Å². The lowest BCUT2D eigenvalue weighted by atomic mass is 9.91. The van der Waals surface area contributed by atoms with Gasteiger partial charge < -0.3 is 15.3 Å². The number of nitrogens with zero attached hydrogens (tertiary/aromatic N) is 3. The van der Waals surface area contributed by atoms with Gasteiger partial charge in [-0.3, -0.25) is 0 Å². The molecule has 5 nitrogen and oxygen atoms in total. The highest BCUT2D eigenvalue weighted by Crippen LogP contribution is 2.29.